The van der Waals surface area contributed by atoms with Gasteiger partial charge in [-0.2, -0.15) is 0 Å². The van der Waals surface area contributed by atoms with Gasteiger partial charge in [0.2, 0.25) is 5.90 Å². The van der Waals surface area contributed by atoms with Crippen molar-refractivity contribution in [3.8, 4) is 5.75 Å². The summed E-state index contributed by atoms with van der Waals surface area (Å²) in [5.41, 5.74) is 2.09. The van der Waals surface area contributed by atoms with Gasteiger partial charge in [0.15, 0.2) is 5.70 Å². The Kier molecular flexibility index (Phi) is 5.84. The number of esters is 1. The summed E-state index contributed by atoms with van der Waals surface area (Å²) in [7, 11) is 0. The van der Waals surface area contributed by atoms with Crippen LogP contribution in [0, 0.1) is 5.82 Å². The van der Waals surface area contributed by atoms with Crippen LogP contribution in [0.25, 0.3) is 6.08 Å². The Morgan fingerprint density at radius 1 is 1.03 bits per heavy atom. The van der Waals surface area contributed by atoms with E-state index < -0.39 is 11.8 Å². The first-order chi connectivity index (χ1) is 14.5. The molecule has 30 heavy (non-hydrogen) atoms. The van der Waals surface area contributed by atoms with Crippen molar-refractivity contribution in [2.45, 2.75) is 6.61 Å². The van der Waals surface area contributed by atoms with E-state index in [0.29, 0.717) is 28.0 Å². The average Bonchev–Trinajstić information content (AvgIpc) is 3.09. The topological polar surface area (TPSA) is 47.9 Å². The number of nitrogens with zero attached hydrogens (tertiary/aromatic N) is 1. The number of carbonyl (C=O) groups excluding carboxylic acids is 1. The Balaban J connectivity index is 1.46. The largest absolute Gasteiger partial charge is 0.489 e. The third kappa shape index (κ3) is 4.70. The van der Waals surface area contributed by atoms with Gasteiger partial charge in [0.05, 0.1) is 0 Å². The van der Waals surface area contributed by atoms with Crippen LogP contribution < -0.4 is 4.74 Å². The van der Waals surface area contributed by atoms with E-state index in [1.807, 2.05) is 6.07 Å². The lowest BCUT2D eigenvalue weighted by Gasteiger charge is -2.08. The number of rotatable bonds is 5. The normalized spacial score (nSPS) is 14.6. The van der Waals surface area contributed by atoms with E-state index in [1.54, 1.807) is 48.5 Å². The Bertz CT molecular complexity index is 1170. The number of halogens is 3. The first kappa shape index (κ1) is 20.1. The maximum atomic E-state index is 13.4. The summed E-state index contributed by atoms with van der Waals surface area (Å²) in [5.74, 6) is -0.308. The minimum absolute atomic E-state index is 0.0746. The van der Waals surface area contributed by atoms with E-state index in [1.165, 1.54) is 18.2 Å². The van der Waals surface area contributed by atoms with E-state index in [4.69, 9.17) is 32.7 Å². The van der Waals surface area contributed by atoms with Crippen LogP contribution in [-0.2, 0) is 16.1 Å². The minimum Gasteiger partial charge on any atom is -0.489 e. The zero-order valence-corrected chi connectivity index (χ0v) is 17.0. The van der Waals surface area contributed by atoms with Crippen molar-refractivity contribution in [1.82, 2.24) is 0 Å². The van der Waals surface area contributed by atoms with Gasteiger partial charge < -0.3 is 9.47 Å². The van der Waals surface area contributed by atoms with Crippen molar-refractivity contribution < 1.29 is 18.7 Å². The molecule has 0 atom stereocenters. The van der Waals surface area contributed by atoms with E-state index in [0.717, 1.165) is 11.1 Å². The number of ether oxygens (including phenoxy) is 2. The van der Waals surface area contributed by atoms with E-state index in [9.17, 15) is 9.18 Å². The van der Waals surface area contributed by atoms with Crippen molar-refractivity contribution in [1.29, 1.82) is 0 Å². The molecule has 1 heterocycles. The van der Waals surface area contributed by atoms with Crippen molar-refractivity contribution in [3.05, 3.63) is 105 Å². The summed E-state index contributed by atoms with van der Waals surface area (Å²) in [5, 5.41) is 1.10. The molecule has 4 nitrogen and oxygen atoms in total. The van der Waals surface area contributed by atoms with Crippen LogP contribution >= 0.6 is 23.2 Å². The third-order valence-electron chi connectivity index (χ3n) is 4.29. The highest BCUT2D eigenvalue weighted by atomic mass is 35.5. The molecule has 0 bridgehead atoms. The van der Waals surface area contributed by atoms with Crippen LogP contribution in [0.1, 0.15) is 16.7 Å². The monoisotopic (exact) mass is 441 g/mol. The molecule has 4 rings (SSSR count). The van der Waals surface area contributed by atoms with Crippen molar-refractivity contribution in [2.24, 2.45) is 4.99 Å². The maximum absolute atomic E-state index is 13.4. The molecule has 0 N–H and O–H groups in total. The smallest absolute Gasteiger partial charge is 0.363 e. The fourth-order valence-corrected chi connectivity index (χ4v) is 3.24. The third-order valence-corrected chi connectivity index (χ3v) is 4.87. The highest BCUT2D eigenvalue weighted by molar-refractivity contribution is 6.35. The molecule has 150 valence electrons. The summed E-state index contributed by atoms with van der Waals surface area (Å²) in [6, 6.07) is 18.1. The van der Waals surface area contributed by atoms with Gasteiger partial charge in [-0.25, -0.2) is 14.2 Å². The molecule has 3 aromatic rings. The van der Waals surface area contributed by atoms with Crippen LogP contribution in [0.2, 0.25) is 10.0 Å². The van der Waals surface area contributed by atoms with Crippen LogP contribution in [0.4, 0.5) is 4.39 Å². The highest BCUT2D eigenvalue weighted by Crippen LogP contribution is 2.24. The van der Waals surface area contributed by atoms with Gasteiger partial charge in [0.25, 0.3) is 0 Å². The zero-order valence-electron chi connectivity index (χ0n) is 15.4. The molecule has 7 heteroatoms. The molecular weight excluding hydrogens is 428 g/mol. The lowest BCUT2D eigenvalue weighted by Crippen LogP contribution is -2.05. The molecule has 1 aliphatic rings. The summed E-state index contributed by atoms with van der Waals surface area (Å²) in [4.78, 5) is 16.3. The standard InChI is InChI=1S/C23H14Cl2FNO3/c24-17-7-6-16(20(25)12-17)13-29-19-8-4-14(5-9-19)10-21-23(28)30-22(27-21)15-2-1-3-18(26)11-15/h1-12H,13H2. The van der Waals surface area contributed by atoms with Crippen molar-refractivity contribution >= 4 is 41.1 Å². The molecule has 0 aromatic heterocycles. The quantitative estimate of drug-likeness (QED) is 0.357. The average molecular weight is 442 g/mol. The molecule has 0 saturated heterocycles. The zero-order chi connectivity index (χ0) is 21.1. The molecule has 0 amide bonds. The predicted octanol–water partition coefficient (Wildman–Crippen LogP) is 6.06. The lowest BCUT2D eigenvalue weighted by atomic mass is 10.2. The first-order valence-electron chi connectivity index (χ1n) is 8.93. The molecule has 0 unspecified atom stereocenters. The SMILES string of the molecule is O=C1OC(c2cccc(F)c2)=NC1=Cc1ccc(OCc2ccc(Cl)cc2Cl)cc1. The highest BCUT2D eigenvalue weighted by Gasteiger charge is 2.24. The first-order valence-corrected chi connectivity index (χ1v) is 9.69. The number of aliphatic imine (C=N–C) groups is 1. The molecule has 0 fully saturated rings. The molecule has 0 spiro atoms. The van der Waals surface area contributed by atoms with Crippen molar-refractivity contribution in [3.63, 3.8) is 0 Å². The fourth-order valence-electron chi connectivity index (χ4n) is 2.77. The number of hydrogen-bond acceptors (Lipinski definition) is 4. The minimum atomic E-state index is -0.591. The molecule has 1 aliphatic heterocycles. The number of cyclic esters (lactones) is 1. The Morgan fingerprint density at radius 3 is 2.57 bits per heavy atom. The van der Waals surface area contributed by atoms with Gasteiger partial charge in [0, 0.05) is 21.2 Å². The van der Waals surface area contributed by atoms with Crippen LogP contribution in [0.15, 0.2) is 77.4 Å². The van der Waals surface area contributed by atoms with Gasteiger partial charge >= 0.3 is 5.97 Å². The molecular formula is C23H14Cl2FNO3. The fraction of sp³-hybridized carbons (Fsp3) is 0.0435. The van der Waals surface area contributed by atoms with Crippen molar-refractivity contribution in [2.75, 3.05) is 0 Å². The Labute approximate surface area is 182 Å². The van der Waals surface area contributed by atoms with Crippen LogP contribution in [0.5, 0.6) is 5.75 Å². The molecule has 3 aromatic carbocycles. The predicted molar refractivity (Wildman–Crippen MR) is 114 cm³/mol. The van der Waals surface area contributed by atoms with E-state index >= 15 is 0 Å². The van der Waals surface area contributed by atoms with Gasteiger partial charge in [-0.1, -0.05) is 47.5 Å². The Morgan fingerprint density at radius 2 is 1.83 bits per heavy atom. The van der Waals surface area contributed by atoms with Gasteiger partial charge in [0.1, 0.15) is 18.2 Å². The number of carbonyl (C=O) groups is 1. The molecule has 0 aliphatic carbocycles. The van der Waals surface area contributed by atoms with Crippen LogP contribution in [0.3, 0.4) is 0 Å². The molecule has 0 saturated carbocycles. The lowest BCUT2D eigenvalue weighted by molar-refractivity contribution is -0.129. The second kappa shape index (κ2) is 8.69. The van der Waals surface area contributed by atoms with Crippen LogP contribution in [-0.4, -0.2) is 11.9 Å². The van der Waals surface area contributed by atoms with Gasteiger partial charge in [-0.05, 0) is 54.1 Å². The summed E-state index contributed by atoms with van der Waals surface area (Å²) in [6.45, 7) is 0.296. The van der Waals surface area contributed by atoms with E-state index in [-0.39, 0.29) is 11.6 Å². The summed E-state index contributed by atoms with van der Waals surface area (Å²) < 4.78 is 24.3. The van der Waals surface area contributed by atoms with Gasteiger partial charge in [-0.3, -0.25) is 0 Å². The molecule has 0 radical (unpaired) electrons. The summed E-state index contributed by atoms with van der Waals surface area (Å²) >= 11 is 12.0. The maximum Gasteiger partial charge on any atom is 0.363 e. The number of benzene rings is 3. The Hall–Kier alpha value is -3.15. The summed E-state index contributed by atoms with van der Waals surface area (Å²) in [6.07, 6.45) is 1.59. The second-order valence-electron chi connectivity index (χ2n) is 6.44. The van der Waals surface area contributed by atoms with E-state index in [2.05, 4.69) is 4.99 Å². The number of hydrogen-bond donors (Lipinski definition) is 0. The van der Waals surface area contributed by atoms with Gasteiger partial charge in [-0.15, -0.1) is 0 Å². The second-order valence-corrected chi connectivity index (χ2v) is 7.28.